The molecule has 0 aliphatic heterocycles. The van der Waals surface area contributed by atoms with Gasteiger partial charge < -0.3 is 5.32 Å². The van der Waals surface area contributed by atoms with Gasteiger partial charge in [-0.05, 0) is 48.5 Å². The van der Waals surface area contributed by atoms with Gasteiger partial charge in [0.2, 0.25) is 0 Å². The molecule has 4 aromatic rings. The van der Waals surface area contributed by atoms with Gasteiger partial charge in [-0.25, -0.2) is 4.39 Å². The van der Waals surface area contributed by atoms with E-state index in [1.807, 2.05) is 0 Å². The summed E-state index contributed by atoms with van der Waals surface area (Å²) < 4.78 is 14.6. The number of hydrogen-bond donors (Lipinski definition) is 1. The molecule has 0 aliphatic rings. The summed E-state index contributed by atoms with van der Waals surface area (Å²) in [6, 6.07) is 19.5. The topological polar surface area (TPSA) is 107 Å². The number of nitro groups is 1. The quantitative estimate of drug-likeness (QED) is 0.252. The fraction of sp³-hybridized carbons (Fsp3) is 0.0417. The van der Waals surface area contributed by atoms with E-state index in [4.69, 9.17) is 0 Å². The van der Waals surface area contributed by atoms with E-state index < -0.39 is 10.8 Å². The minimum atomic E-state index is -0.575. The van der Waals surface area contributed by atoms with Crippen LogP contribution < -0.4 is 5.32 Å². The van der Waals surface area contributed by atoms with Crippen LogP contribution in [0.25, 0.3) is 11.3 Å². The lowest BCUT2D eigenvalue weighted by atomic mass is 10.1. The molecular weight excluding hydrogens is 427 g/mol. The monoisotopic (exact) mass is 444 g/mol. The van der Waals surface area contributed by atoms with Crippen LogP contribution in [0.5, 0.6) is 0 Å². The van der Waals surface area contributed by atoms with E-state index in [-0.39, 0.29) is 35.1 Å². The van der Waals surface area contributed by atoms with Crippen LogP contribution >= 0.6 is 0 Å². The average molecular weight is 444 g/mol. The third-order valence-corrected chi connectivity index (χ3v) is 4.90. The second-order valence-electron chi connectivity index (χ2n) is 7.13. The minimum Gasteiger partial charge on any atom is -0.316 e. The Kier molecular flexibility index (Phi) is 6.03. The molecule has 0 saturated heterocycles. The summed E-state index contributed by atoms with van der Waals surface area (Å²) in [5.74, 6) is -1.08. The van der Waals surface area contributed by atoms with Gasteiger partial charge in [-0.15, -0.1) is 0 Å². The summed E-state index contributed by atoms with van der Waals surface area (Å²) in [4.78, 5) is 35.6. The summed E-state index contributed by atoms with van der Waals surface area (Å²) in [5.41, 5.74) is 1.86. The number of hydrogen-bond acceptors (Lipinski definition) is 5. The largest absolute Gasteiger partial charge is 0.316 e. The Morgan fingerprint density at radius 3 is 2.30 bits per heavy atom. The van der Waals surface area contributed by atoms with Crippen molar-refractivity contribution in [2.24, 2.45) is 0 Å². The fourth-order valence-corrected chi connectivity index (χ4v) is 3.20. The van der Waals surface area contributed by atoms with Crippen LogP contribution in [0.1, 0.15) is 20.7 Å². The van der Waals surface area contributed by atoms with Crippen LogP contribution in [-0.4, -0.2) is 26.4 Å². The smallest absolute Gasteiger partial charge is 0.292 e. The molecule has 164 valence electrons. The SMILES string of the molecule is O=C(Cn1ccc(-c2ccc(F)cc2)n1)c1ccc(C(=O)Nc2ccccc2[N+](=O)[O-])cc1. The van der Waals surface area contributed by atoms with Crippen LogP contribution in [-0.2, 0) is 6.54 Å². The van der Waals surface area contributed by atoms with E-state index in [0.717, 1.165) is 5.56 Å². The molecule has 0 spiro atoms. The number of para-hydroxylation sites is 2. The number of aromatic nitrogens is 2. The minimum absolute atomic E-state index is 0.0110. The number of nitro benzene ring substituents is 1. The molecule has 1 heterocycles. The second-order valence-corrected chi connectivity index (χ2v) is 7.13. The lowest BCUT2D eigenvalue weighted by Crippen LogP contribution is -2.14. The van der Waals surface area contributed by atoms with Gasteiger partial charge in [0.15, 0.2) is 5.78 Å². The maximum Gasteiger partial charge on any atom is 0.292 e. The highest BCUT2D eigenvalue weighted by Crippen LogP contribution is 2.24. The number of rotatable bonds is 7. The number of Topliss-reactive ketones (excluding diaryl/α,β-unsaturated/α-hetero) is 1. The van der Waals surface area contributed by atoms with Crippen LogP contribution in [0.4, 0.5) is 15.8 Å². The van der Waals surface area contributed by atoms with Crippen molar-refractivity contribution in [1.82, 2.24) is 9.78 Å². The maximum atomic E-state index is 13.1. The first-order chi connectivity index (χ1) is 15.9. The molecule has 0 bridgehead atoms. The van der Waals surface area contributed by atoms with Crippen molar-refractivity contribution >= 4 is 23.1 Å². The third kappa shape index (κ3) is 4.99. The number of nitrogens with zero attached hydrogens (tertiary/aromatic N) is 3. The van der Waals surface area contributed by atoms with Gasteiger partial charge in [-0.1, -0.05) is 24.3 Å². The van der Waals surface area contributed by atoms with Crippen molar-refractivity contribution in [2.45, 2.75) is 6.54 Å². The van der Waals surface area contributed by atoms with Crippen molar-refractivity contribution in [3.05, 3.63) is 112 Å². The Morgan fingerprint density at radius 1 is 0.939 bits per heavy atom. The van der Waals surface area contributed by atoms with Crippen LogP contribution in [0.2, 0.25) is 0 Å². The lowest BCUT2D eigenvalue weighted by Gasteiger charge is -2.07. The zero-order valence-corrected chi connectivity index (χ0v) is 17.1. The summed E-state index contributed by atoms with van der Waals surface area (Å²) >= 11 is 0. The highest BCUT2D eigenvalue weighted by molar-refractivity contribution is 6.06. The van der Waals surface area contributed by atoms with Crippen LogP contribution in [0.3, 0.4) is 0 Å². The van der Waals surface area contributed by atoms with E-state index >= 15 is 0 Å². The van der Waals surface area contributed by atoms with Crippen molar-refractivity contribution in [2.75, 3.05) is 5.32 Å². The molecule has 1 aromatic heterocycles. The molecule has 4 rings (SSSR count). The van der Waals surface area contributed by atoms with E-state index in [0.29, 0.717) is 11.3 Å². The van der Waals surface area contributed by atoms with Gasteiger partial charge in [0.05, 0.1) is 10.6 Å². The first-order valence-electron chi connectivity index (χ1n) is 9.88. The van der Waals surface area contributed by atoms with Crippen molar-refractivity contribution in [3.63, 3.8) is 0 Å². The van der Waals surface area contributed by atoms with Crippen LogP contribution in [0.15, 0.2) is 85.1 Å². The van der Waals surface area contributed by atoms with Gasteiger partial charge in [0.25, 0.3) is 11.6 Å². The summed E-state index contributed by atoms with van der Waals surface area (Å²) in [7, 11) is 0. The molecule has 33 heavy (non-hydrogen) atoms. The highest BCUT2D eigenvalue weighted by atomic mass is 19.1. The van der Waals surface area contributed by atoms with E-state index in [1.54, 1.807) is 30.5 Å². The number of anilines is 1. The lowest BCUT2D eigenvalue weighted by molar-refractivity contribution is -0.383. The summed E-state index contributed by atoms with van der Waals surface area (Å²) in [6.45, 7) is -0.0110. The molecule has 0 aliphatic carbocycles. The summed E-state index contributed by atoms with van der Waals surface area (Å²) in [5, 5.41) is 18.0. The number of carbonyl (C=O) groups is 2. The zero-order chi connectivity index (χ0) is 23.4. The predicted molar refractivity (Wildman–Crippen MR) is 119 cm³/mol. The molecule has 1 amide bonds. The van der Waals surface area contributed by atoms with Gasteiger partial charge in [0, 0.05) is 29.0 Å². The Labute approximate surface area is 187 Å². The zero-order valence-electron chi connectivity index (χ0n) is 17.1. The Morgan fingerprint density at radius 2 is 1.61 bits per heavy atom. The second kappa shape index (κ2) is 9.23. The maximum absolute atomic E-state index is 13.1. The molecule has 0 atom stereocenters. The van der Waals surface area contributed by atoms with Gasteiger partial charge in [0.1, 0.15) is 18.0 Å². The molecule has 0 unspecified atom stereocenters. The summed E-state index contributed by atoms with van der Waals surface area (Å²) in [6.07, 6.45) is 1.66. The fourth-order valence-electron chi connectivity index (χ4n) is 3.20. The van der Waals surface area contributed by atoms with Gasteiger partial charge in [-0.3, -0.25) is 24.4 Å². The van der Waals surface area contributed by atoms with Crippen molar-refractivity contribution in [3.8, 4) is 11.3 Å². The Balaban J connectivity index is 1.42. The Hall–Kier alpha value is -4.66. The number of halogens is 1. The highest BCUT2D eigenvalue weighted by Gasteiger charge is 2.16. The standard InChI is InChI=1S/C24H17FN4O4/c25-19-11-9-16(10-12-19)20-13-14-28(27-20)15-23(30)17-5-7-18(8-6-17)24(31)26-21-3-1-2-4-22(21)29(32)33/h1-14H,15H2,(H,26,31). The first-order valence-corrected chi connectivity index (χ1v) is 9.88. The molecule has 1 N–H and O–H groups in total. The van der Waals surface area contributed by atoms with Crippen LogP contribution in [0, 0.1) is 15.9 Å². The predicted octanol–water partition coefficient (Wildman–Crippen LogP) is 4.73. The normalized spacial score (nSPS) is 10.6. The molecule has 9 heteroatoms. The Bertz CT molecular complexity index is 1330. The van der Waals surface area contributed by atoms with Crippen molar-refractivity contribution < 1.29 is 18.9 Å². The van der Waals surface area contributed by atoms with E-state index in [9.17, 15) is 24.1 Å². The number of carbonyl (C=O) groups excluding carboxylic acids is 2. The molecule has 0 radical (unpaired) electrons. The number of benzene rings is 3. The van der Waals surface area contributed by atoms with Crippen molar-refractivity contribution in [1.29, 1.82) is 0 Å². The van der Waals surface area contributed by atoms with Gasteiger partial charge in [-0.2, -0.15) is 5.10 Å². The molecular formula is C24H17FN4O4. The van der Waals surface area contributed by atoms with Gasteiger partial charge >= 0.3 is 0 Å². The number of ketones is 1. The molecule has 8 nitrogen and oxygen atoms in total. The molecule has 3 aromatic carbocycles. The average Bonchev–Trinajstić information content (AvgIpc) is 3.28. The van der Waals surface area contributed by atoms with E-state index in [1.165, 1.54) is 59.3 Å². The molecule has 0 saturated carbocycles. The van der Waals surface area contributed by atoms with E-state index in [2.05, 4.69) is 10.4 Å². The third-order valence-electron chi connectivity index (χ3n) is 4.90. The first kappa shape index (κ1) is 21.6. The number of nitrogens with one attached hydrogen (secondary N) is 1. The molecule has 0 fully saturated rings. The number of amides is 1.